The van der Waals surface area contributed by atoms with Gasteiger partial charge >= 0.3 is 0 Å². The van der Waals surface area contributed by atoms with Crippen molar-refractivity contribution in [2.45, 2.75) is 13.3 Å². The maximum absolute atomic E-state index is 12.6. The third-order valence-corrected chi connectivity index (χ3v) is 6.66. The zero-order valence-electron chi connectivity index (χ0n) is 21.7. The van der Waals surface area contributed by atoms with Gasteiger partial charge < -0.3 is 19.9 Å². The third-order valence-electron chi connectivity index (χ3n) is 6.15. The Morgan fingerprint density at radius 2 is 1.77 bits per heavy atom. The average Bonchev–Trinajstić information content (AvgIpc) is 2.95. The molecular formula is C30H31ClN4O3S. The molecule has 0 radical (unpaired) electrons. The number of nitrogens with one attached hydrogen (secondary N) is 2. The predicted molar refractivity (Wildman–Crippen MR) is 162 cm³/mol. The van der Waals surface area contributed by atoms with Crippen LogP contribution in [-0.2, 0) is 4.79 Å². The highest BCUT2D eigenvalue weighted by Crippen LogP contribution is 2.30. The molecule has 0 bridgehead atoms. The highest BCUT2D eigenvalue weighted by molar-refractivity contribution is 7.80. The average molecular weight is 563 g/mol. The molecule has 0 saturated carbocycles. The number of carbonyl (C=O) groups is 2. The third kappa shape index (κ3) is 8.05. The largest absolute Gasteiger partial charge is 0.494 e. The van der Waals surface area contributed by atoms with Gasteiger partial charge in [-0.3, -0.25) is 14.9 Å². The van der Waals surface area contributed by atoms with Crippen LogP contribution in [0.15, 0.2) is 78.9 Å². The summed E-state index contributed by atoms with van der Waals surface area (Å²) >= 11 is 11.9. The summed E-state index contributed by atoms with van der Waals surface area (Å²) in [5, 5.41) is 6.43. The van der Waals surface area contributed by atoms with E-state index in [2.05, 4.69) is 15.5 Å². The van der Waals surface area contributed by atoms with E-state index in [1.807, 2.05) is 66.4 Å². The molecule has 39 heavy (non-hydrogen) atoms. The molecule has 1 aliphatic rings. The van der Waals surface area contributed by atoms with E-state index in [0.717, 1.165) is 17.7 Å². The Hall–Kier alpha value is -3.88. The molecule has 4 rings (SSSR count). The van der Waals surface area contributed by atoms with Gasteiger partial charge in [0, 0.05) is 43.5 Å². The quantitative estimate of drug-likeness (QED) is 0.274. The molecule has 0 spiro atoms. The van der Waals surface area contributed by atoms with Crippen LogP contribution in [-0.4, -0.2) is 54.6 Å². The van der Waals surface area contributed by atoms with E-state index in [-0.39, 0.29) is 16.9 Å². The Labute approximate surface area is 239 Å². The van der Waals surface area contributed by atoms with Crippen LogP contribution in [0.2, 0.25) is 5.02 Å². The van der Waals surface area contributed by atoms with E-state index >= 15 is 0 Å². The number of carbonyl (C=O) groups excluding carboxylic acids is 2. The minimum absolute atomic E-state index is 0.0000746. The predicted octanol–water partition coefficient (Wildman–Crippen LogP) is 5.62. The van der Waals surface area contributed by atoms with Crippen LogP contribution in [0.3, 0.4) is 0 Å². The van der Waals surface area contributed by atoms with E-state index in [0.29, 0.717) is 54.8 Å². The van der Waals surface area contributed by atoms with Gasteiger partial charge in [0.05, 0.1) is 17.3 Å². The number of hydrogen-bond donors (Lipinski definition) is 2. The van der Waals surface area contributed by atoms with Gasteiger partial charge in [-0.1, -0.05) is 54.9 Å². The van der Waals surface area contributed by atoms with Crippen LogP contribution >= 0.6 is 23.8 Å². The van der Waals surface area contributed by atoms with Crippen molar-refractivity contribution in [3.8, 4) is 5.75 Å². The molecule has 1 fully saturated rings. The van der Waals surface area contributed by atoms with Crippen LogP contribution in [0, 0.1) is 0 Å². The minimum Gasteiger partial charge on any atom is -0.494 e. The molecule has 1 saturated heterocycles. The molecule has 3 aromatic carbocycles. The summed E-state index contributed by atoms with van der Waals surface area (Å²) in [6.07, 6.45) is 4.34. The number of benzene rings is 3. The summed E-state index contributed by atoms with van der Waals surface area (Å²) in [7, 11) is 0. The number of piperazine rings is 1. The number of anilines is 2. The lowest BCUT2D eigenvalue weighted by Crippen LogP contribution is -2.48. The van der Waals surface area contributed by atoms with Crippen LogP contribution in [0.25, 0.3) is 6.08 Å². The first-order chi connectivity index (χ1) is 18.9. The zero-order valence-corrected chi connectivity index (χ0v) is 23.3. The second-order valence-electron chi connectivity index (χ2n) is 9.01. The Balaban J connectivity index is 1.28. The highest BCUT2D eigenvalue weighted by atomic mass is 35.5. The van der Waals surface area contributed by atoms with Gasteiger partial charge in [-0.25, -0.2) is 0 Å². The van der Waals surface area contributed by atoms with Gasteiger partial charge in [-0.15, -0.1) is 0 Å². The first-order valence-electron chi connectivity index (χ1n) is 12.8. The molecule has 0 unspecified atom stereocenters. The smallest absolute Gasteiger partial charge is 0.257 e. The van der Waals surface area contributed by atoms with Crippen LogP contribution in [0.1, 0.15) is 29.3 Å². The summed E-state index contributed by atoms with van der Waals surface area (Å²) in [5.74, 6) is 0.308. The van der Waals surface area contributed by atoms with E-state index in [9.17, 15) is 9.59 Å². The van der Waals surface area contributed by atoms with Gasteiger partial charge in [0.2, 0.25) is 5.91 Å². The van der Waals surface area contributed by atoms with Crippen molar-refractivity contribution in [1.29, 1.82) is 0 Å². The van der Waals surface area contributed by atoms with Crippen molar-refractivity contribution in [3.63, 3.8) is 0 Å². The van der Waals surface area contributed by atoms with Crippen molar-refractivity contribution < 1.29 is 14.3 Å². The number of rotatable bonds is 8. The van der Waals surface area contributed by atoms with E-state index in [4.69, 9.17) is 28.6 Å². The summed E-state index contributed by atoms with van der Waals surface area (Å²) in [6, 6.07) is 22.3. The van der Waals surface area contributed by atoms with Crippen LogP contribution in [0.5, 0.6) is 5.75 Å². The lowest BCUT2D eigenvalue weighted by molar-refractivity contribution is -0.126. The fourth-order valence-electron chi connectivity index (χ4n) is 4.13. The maximum Gasteiger partial charge on any atom is 0.257 e. The normalized spacial score (nSPS) is 13.3. The van der Waals surface area contributed by atoms with Gasteiger partial charge in [-0.05, 0) is 66.7 Å². The van der Waals surface area contributed by atoms with Crippen molar-refractivity contribution in [2.24, 2.45) is 0 Å². The second kappa shape index (κ2) is 13.8. The molecule has 3 aromatic rings. The molecular weight excluding hydrogens is 532 g/mol. The topological polar surface area (TPSA) is 73.9 Å². The highest BCUT2D eigenvalue weighted by Gasteiger charge is 2.21. The monoisotopic (exact) mass is 562 g/mol. The fourth-order valence-corrected chi connectivity index (χ4v) is 4.64. The molecule has 0 aromatic heterocycles. The van der Waals surface area contributed by atoms with Crippen molar-refractivity contribution in [2.75, 3.05) is 43.0 Å². The summed E-state index contributed by atoms with van der Waals surface area (Å²) in [4.78, 5) is 29.2. The van der Waals surface area contributed by atoms with Gasteiger partial charge in [0.25, 0.3) is 5.91 Å². The molecule has 1 aliphatic heterocycles. The SMILES string of the molecule is CCCOc1cccc(C(=O)NC(=S)Nc2ccc(N3CCN(C(=O)/C=C/c4ccccc4)CC3)c(Cl)c2)c1. The van der Waals surface area contributed by atoms with Crippen LogP contribution in [0.4, 0.5) is 11.4 Å². The van der Waals surface area contributed by atoms with Crippen molar-refractivity contribution in [1.82, 2.24) is 10.2 Å². The molecule has 7 nitrogen and oxygen atoms in total. The summed E-state index contributed by atoms with van der Waals surface area (Å²) < 4.78 is 5.60. The molecule has 0 atom stereocenters. The fraction of sp³-hybridized carbons (Fsp3) is 0.233. The van der Waals surface area contributed by atoms with E-state index < -0.39 is 0 Å². The Morgan fingerprint density at radius 3 is 2.49 bits per heavy atom. The molecule has 2 N–H and O–H groups in total. The number of thiocarbonyl (C=S) groups is 1. The lowest BCUT2D eigenvalue weighted by Gasteiger charge is -2.36. The summed E-state index contributed by atoms with van der Waals surface area (Å²) in [5.41, 5.74) is 2.99. The Kier molecular flexibility index (Phi) is 9.94. The molecule has 1 heterocycles. The zero-order chi connectivity index (χ0) is 27.6. The molecule has 0 aliphatic carbocycles. The van der Waals surface area contributed by atoms with Crippen molar-refractivity contribution >= 4 is 58.2 Å². The number of nitrogens with zero attached hydrogens (tertiary/aromatic N) is 2. The number of ether oxygens (including phenoxy) is 1. The Morgan fingerprint density at radius 1 is 1.00 bits per heavy atom. The van der Waals surface area contributed by atoms with Gasteiger partial charge in [-0.2, -0.15) is 0 Å². The second-order valence-corrected chi connectivity index (χ2v) is 9.82. The Bertz CT molecular complexity index is 1340. The van der Waals surface area contributed by atoms with Crippen molar-refractivity contribution in [3.05, 3.63) is 95.0 Å². The summed E-state index contributed by atoms with van der Waals surface area (Å²) in [6.45, 7) is 5.17. The van der Waals surface area contributed by atoms with Crippen LogP contribution < -0.4 is 20.3 Å². The number of amides is 2. The van der Waals surface area contributed by atoms with Gasteiger partial charge in [0.15, 0.2) is 5.11 Å². The van der Waals surface area contributed by atoms with E-state index in [1.165, 1.54) is 0 Å². The first kappa shape index (κ1) is 28.1. The number of hydrogen-bond acceptors (Lipinski definition) is 5. The van der Waals surface area contributed by atoms with Gasteiger partial charge in [0.1, 0.15) is 5.75 Å². The number of halogens is 1. The standard InChI is InChI=1S/C30H31ClN4O3S/c1-2-19-38-25-10-6-9-23(20-25)29(37)33-30(39)32-24-12-13-27(26(31)21-24)34-15-17-35(18-16-34)28(36)14-11-22-7-4-3-5-8-22/h3-14,20-21H,2,15-19H2,1H3,(H2,32,33,37,39)/b14-11+. The molecule has 202 valence electrons. The van der Waals surface area contributed by atoms with E-state index in [1.54, 1.807) is 30.3 Å². The molecule has 2 amide bonds. The maximum atomic E-state index is 12.6. The molecule has 9 heteroatoms. The minimum atomic E-state index is -0.330. The first-order valence-corrected chi connectivity index (χ1v) is 13.6. The lowest BCUT2D eigenvalue weighted by atomic mass is 10.2.